The van der Waals surface area contributed by atoms with Gasteiger partial charge in [-0.15, -0.1) is 0 Å². The number of amides is 1. The first-order chi connectivity index (χ1) is 8.95. The highest BCUT2D eigenvalue weighted by molar-refractivity contribution is 9.10. The summed E-state index contributed by atoms with van der Waals surface area (Å²) in [7, 11) is 5.19. The highest BCUT2D eigenvalue weighted by atomic mass is 79.9. The fraction of sp³-hybridized carbons (Fsp3) is 0.500. The molecule has 0 bridgehead atoms. The van der Waals surface area contributed by atoms with Crippen LogP contribution in [0.3, 0.4) is 0 Å². The number of nitrogens with zero attached hydrogens (tertiary/aromatic N) is 1. The second-order valence-electron chi connectivity index (χ2n) is 4.61. The summed E-state index contributed by atoms with van der Waals surface area (Å²) in [5, 5.41) is 3.34. The third kappa shape index (κ3) is 4.84. The molecule has 1 aromatic carbocycles. The SMILES string of the molecule is COc1ccc(C(C)NCCC(=O)N(C)C)cc1Br. The standard InChI is InChI=1S/C14H21BrN2O2/c1-10(16-8-7-14(18)17(2)3)11-5-6-13(19-4)12(15)9-11/h5-6,9-10,16H,7-8H2,1-4H3. The zero-order chi connectivity index (χ0) is 14.4. The summed E-state index contributed by atoms with van der Waals surface area (Å²) in [5.74, 6) is 0.953. The van der Waals surface area contributed by atoms with E-state index in [1.807, 2.05) is 18.2 Å². The first kappa shape index (κ1) is 16.0. The zero-order valence-corrected chi connectivity index (χ0v) is 13.5. The maximum absolute atomic E-state index is 11.5. The van der Waals surface area contributed by atoms with E-state index in [9.17, 15) is 4.79 Å². The van der Waals surface area contributed by atoms with E-state index in [0.717, 1.165) is 15.8 Å². The molecule has 1 unspecified atom stereocenters. The third-order valence-electron chi connectivity index (χ3n) is 2.96. The van der Waals surface area contributed by atoms with E-state index in [2.05, 4.69) is 28.2 Å². The Kier molecular flexibility index (Phi) is 6.31. The monoisotopic (exact) mass is 328 g/mol. The van der Waals surface area contributed by atoms with Crippen molar-refractivity contribution < 1.29 is 9.53 Å². The lowest BCUT2D eigenvalue weighted by molar-refractivity contribution is -0.128. The molecule has 1 atom stereocenters. The Balaban J connectivity index is 2.52. The molecule has 1 aromatic rings. The number of methoxy groups -OCH3 is 1. The third-order valence-corrected chi connectivity index (χ3v) is 3.58. The smallest absolute Gasteiger partial charge is 0.223 e. The summed E-state index contributed by atoms with van der Waals surface area (Å²) in [6.45, 7) is 2.75. The first-order valence-corrected chi connectivity index (χ1v) is 7.02. The van der Waals surface area contributed by atoms with Gasteiger partial charge in [0.2, 0.25) is 5.91 Å². The Morgan fingerprint density at radius 1 is 1.47 bits per heavy atom. The number of halogens is 1. The molecule has 4 nitrogen and oxygen atoms in total. The van der Waals surface area contributed by atoms with E-state index in [1.165, 1.54) is 0 Å². The lowest BCUT2D eigenvalue weighted by Crippen LogP contribution is -2.28. The maximum atomic E-state index is 11.5. The van der Waals surface area contributed by atoms with E-state index in [0.29, 0.717) is 13.0 Å². The second-order valence-corrected chi connectivity index (χ2v) is 5.46. The van der Waals surface area contributed by atoms with Crippen LogP contribution in [0.4, 0.5) is 0 Å². The molecule has 0 aliphatic heterocycles. The van der Waals surface area contributed by atoms with E-state index in [-0.39, 0.29) is 11.9 Å². The van der Waals surface area contributed by atoms with E-state index in [1.54, 1.807) is 26.1 Å². The molecule has 1 amide bonds. The Bertz CT molecular complexity index is 435. The van der Waals surface area contributed by atoms with Crippen LogP contribution in [0.2, 0.25) is 0 Å². The maximum Gasteiger partial charge on any atom is 0.223 e. The quantitative estimate of drug-likeness (QED) is 0.872. The Morgan fingerprint density at radius 3 is 2.68 bits per heavy atom. The Morgan fingerprint density at radius 2 is 2.16 bits per heavy atom. The zero-order valence-electron chi connectivity index (χ0n) is 11.9. The molecule has 0 fully saturated rings. The Hall–Kier alpha value is -1.07. The molecule has 1 rings (SSSR count). The van der Waals surface area contributed by atoms with Gasteiger partial charge in [0.05, 0.1) is 11.6 Å². The number of nitrogens with one attached hydrogen (secondary N) is 1. The lowest BCUT2D eigenvalue weighted by atomic mass is 10.1. The van der Waals surface area contributed by atoms with Gasteiger partial charge in [-0.05, 0) is 40.5 Å². The first-order valence-electron chi connectivity index (χ1n) is 6.22. The van der Waals surface area contributed by atoms with Crippen molar-refractivity contribution in [1.29, 1.82) is 0 Å². The number of hydrogen-bond donors (Lipinski definition) is 1. The largest absolute Gasteiger partial charge is 0.496 e. The van der Waals surface area contributed by atoms with Gasteiger partial charge in [-0.3, -0.25) is 4.79 Å². The van der Waals surface area contributed by atoms with Crippen LogP contribution in [-0.4, -0.2) is 38.6 Å². The van der Waals surface area contributed by atoms with Crippen LogP contribution in [-0.2, 0) is 4.79 Å². The van der Waals surface area contributed by atoms with Gasteiger partial charge in [-0.2, -0.15) is 0 Å². The van der Waals surface area contributed by atoms with Crippen LogP contribution in [0.1, 0.15) is 24.9 Å². The molecule has 19 heavy (non-hydrogen) atoms. The topological polar surface area (TPSA) is 41.6 Å². The van der Waals surface area contributed by atoms with Crippen LogP contribution in [0.25, 0.3) is 0 Å². The molecule has 0 aromatic heterocycles. The molecule has 0 aliphatic carbocycles. The predicted molar refractivity (Wildman–Crippen MR) is 80.4 cm³/mol. The van der Waals surface area contributed by atoms with Crippen molar-refractivity contribution in [2.75, 3.05) is 27.7 Å². The minimum atomic E-state index is 0.135. The number of benzene rings is 1. The number of carbonyl (C=O) groups is 1. The highest BCUT2D eigenvalue weighted by Gasteiger charge is 2.09. The highest BCUT2D eigenvalue weighted by Crippen LogP contribution is 2.27. The van der Waals surface area contributed by atoms with Crippen molar-refractivity contribution in [2.24, 2.45) is 0 Å². The van der Waals surface area contributed by atoms with E-state index in [4.69, 9.17) is 4.74 Å². The summed E-state index contributed by atoms with van der Waals surface area (Å²) in [6.07, 6.45) is 0.509. The van der Waals surface area contributed by atoms with Crippen LogP contribution >= 0.6 is 15.9 Å². The Labute approximate surface area is 123 Å². The van der Waals surface area contributed by atoms with Gasteiger partial charge in [-0.25, -0.2) is 0 Å². The van der Waals surface area contributed by atoms with Crippen LogP contribution in [0, 0.1) is 0 Å². The molecular weight excluding hydrogens is 308 g/mol. The van der Waals surface area contributed by atoms with Crippen LogP contribution < -0.4 is 10.1 Å². The van der Waals surface area contributed by atoms with Gasteiger partial charge in [0, 0.05) is 33.1 Å². The summed E-state index contributed by atoms with van der Waals surface area (Å²) in [4.78, 5) is 13.1. The summed E-state index contributed by atoms with van der Waals surface area (Å²) in [5.41, 5.74) is 1.16. The van der Waals surface area contributed by atoms with Gasteiger partial charge >= 0.3 is 0 Å². The molecule has 0 saturated carbocycles. The number of rotatable bonds is 6. The molecule has 0 radical (unpaired) electrons. The van der Waals surface area contributed by atoms with Crippen molar-refractivity contribution in [3.05, 3.63) is 28.2 Å². The van der Waals surface area contributed by atoms with Crippen molar-refractivity contribution in [2.45, 2.75) is 19.4 Å². The van der Waals surface area contributed by atoms with Crippen LogP contribution in [0.15, 0.2) is 22.7 Å². The molecule has 0 saturated heterocycles. The van der Waals surface area contributed by atoms with Crippen molar-refractivity contribution in [3.63, 3.8) is 0 Å². The summed E-state index contributed by atoms with van der Waals surface area (Å²) >= 11 is 3.47. The minimum absolute atomic E-state index is 0.135. The molecule has 0 spiro atoms. The number of ether oxygens (including phenoxy) is 1. The van der Waals surface area contributed by atoms with Crippen molar-refractivity contribution in [1.82, 2.24) is 10.2 Å². The predicted octanol–water partition coefficient (Wildman–Crippen LogP) is 2.59. The minimum Gasteiger partial charge on any atom is -0.496 e. The van der Waals surface area contributed by atoms with Gasteiger partial charge in [-0.1, -0.05) is 6.07 Å². The number of carbonyl (C=O) groups excluding carboxylic acids is 1. The molecule has 106 valence electrons. The van der Waals surface area contributed by atoms with Crippen molar-refractivity contribution >= 4 is 21.8 Å². The lowest BCUT2D eigenvalue weighted by Gasteiger charge is -2.16. The second kappa shape index (κ2) is 7.50. The average Bonchev–Trinajstić information content (AvgIpc) is 2.38. The normalized spacial score (nSPS) is 12.1. The molecule has 5 heteroatoms. The fourth-order valence-corrected chi connectivity index (χ4v) is 2.25. The summed E-state index contributed by atoms with van der Waals surface area (Å²) < 4.78 is 6.14. The van der Waals surface area contributed by atoms with Crippen molar-refractivity contribution in [3.8, 4) is 5.75 Å². The average molecular weight is 329 g/mol. The van der Waals surface area contributed by atoms with Gasteiger partial charge in [0.25, 0.3) is 0 Å². The number of hydrogen-bond acceptors (Lipinski definition) is 3. The summed E-state index contributed by atoms with van der Waals surface area (Å²) in [6, 6.07) is 6.18. The molecule has 0 heterocycles. The van der Waals surface area contributed by atoms with Gasteiger partial charge in [0.15, 0.2) is 0 Å². The molecule has 1 N–H and O–H groups in total. The fourth-order valence-electron chi connectivity index (χ4n) is 1.69. The molecule has 0 aliphatic rings. The van der Waals surface area contributed by atoms with Crippen LogP contribution in [0.5, 0.6) is 5.75 Å². The molecular formula is C14H21BrN2O2. The van der Waals surface area contributed by atoms with E-state index >= 15 is 0 Å². The van der Waals surface area contributed by atoms with Gasteiger partial charge in [0.1, 0.15) is 5.75 Å². The van der Waals surface area contributed by atoms with E-state index < -0.39 is 0 Å². The van der Waals surface area contributed by atoms with Gasteiger partial charge < -0.3 is 15.0 Å².